The smallest absolute Gasteiger partial charge is 0.243 e. The molecule has 0 spiro atoms. The van der Waals surface area contributed by atoms with E-state index in [2.05, 4.69) is 31.9 Å². The van der Waals surface area contributed by atoms with Gasteiger partial charge in [-0.05, 0) is 43.2 Å². The fourth-order valence-corrected chi connectivity index (χ4v) is 3.47. The Labute approximate surface area is 177 Å². The number of aryl methyl sites for hydroxylation is 2. The lowest BCUT2D eigenvalue weighted by Crippen LogP contribution is -2.34. The number of anilines is 2. The fourth-order valence-electron chi connectivity index (χ4n) is 2.42. The zero-order valence-electron chi connectivity index (χ0n) is 15.7. The third kappa shape index (κ3) is 7.36. The molecule has 0 unspecified atom stereocenters. The second kappa shape index (κ2) is 10.9. The Kier molecular flexibility index (Phi) is 8.53. The van der Waals surface area contributed by atoms with Crippen molar-refractivity contribution in [2.75, 3.05) is 28.7 Å². The molecule has 8 heteroatoms. The summed E-state index contributed by atoms with van der Waals surface area (Å²) in [5, 5.41) is 8.13. The molecule has 0 aliphatic carbocycles. The predicted octanol–water partition coefficient (Wildman–Crippen LogP) is 3.49. The fraction of sp³-hybridized carbons (Fsp3) is 0.250. The quantitative estimate of drug-likeness (QED) is 0.558. The van der Waals surface area contributed by atoms with Gasteiger partial charge < -0.3 is 16.0 Å². The molecule has 6 nitrogen and oxygen atoms in total. The molecule has 3 amide bonds. The second-order valence-corrected chi connectivity index (χ2v) is 8.04. The lowest BCUT2D eigenvalue weighted by molar-refractivity contribution is -0.122. The number of rotatable bonds is 8. The third-order valence-corrected chi connectivity index (χ3v) is 5.19. The molecular weight excluding hydrogens is 442 g/mol. The molecule has 0 bridgehead atoms. The largest absolute Gasteiger partial charge is 0.346 e. The number of para-hydroxylation sites is 1. The zero-order valence-corrected chi connectivity index (χ0v) is 18.1. The van der Waals surface area contributed by atoms with Crippen LogP contribution >= 0.6 is 27.7 Å². The lowest BCUT2D eigenvalue weighted by atomic mass is 10.1. The van der Waals surface area contributed by atoms with Crippen molar-refractivity contribution in [3.63, 3.8) is 0 Å². The molecule has 0 atom stereocenters. The van der Waals surface area contributed by atoms with Gasteiger partial charge in [0.2, 0.25) is 17.7 Å². The topological polar surface area (TPSA) is 87.3 Å². The van der Waals surface area contributed by atoms with Crippen LogP contribution in [0.2, 0.25) is 0 Å². The van der Waals surface area contributed by atoms with Gasteiger partial charge >= 0.3 is 0 Å². The molecule has 0 aliphatic rings. The van der Waals surface area contributed by atoms with E-state index < -0.39 is 0 Å². The summed E-state index contributed by atoms with van der Waals surface area (Å²) in [6.07, 6.45) is 0. The molecule has 3 N–H and O–H groups in total. The van der Waals surface area contributed by atoms with Gasteiger partial charge in [-0.1, -0.05) is 40.2 Å². The molecule has 0 aliphatic heterocycles. The van der Waals surface area contributed by atoms with Crippen LogP contribution in [0.4, 0.5) is 11.4 Å². The van der Waals surface area contributed by atoms with Crippen LogP contribution in [0, 0.1) is 13.8 Å². The van der Waals surface area contributed by atoms with Crippen LogP contribution in [0.3, 0.4) is 0 Å². The van der Waals surface area contributed by atoms with Gasteiger partial charge in [-0.25, -0.2) is 0 Å². The Hall–Kier alpha value is -2.32. The van der Waals surface area contributed by atoms with Crippen molar-refractivity contribution < 1.29 is 14.4 Å². The molecule has 0 heterocycles. The molecule has 0 saturated carbocycles. The van der Waals surface area contributed by atoms with E-state index in [-0.39, 0.29) is 35.8 Å². The monoisotopic (exact) mass is 463 g/mol. The number of hydrogen-bond donors (Lipinski definition) is 3. The summed E-state index contributed by atoms with van der Waals surface area (Å²) >= 11 is 4.53. The first-order valence-corrected chi connectivity index (χ1v) is 10.6. The number of halogens is 1. The predicted molar refractivity (Wildman–Crippen MR) is 118 cm³/mol. The summed E-state index contributed by atoms with van der Waals surface area (Å²) in [6, 6.07) is 13.0. The molecule has 28 heavy (non-hydrogen) atoms. The van der Waals surface area contributed by atoms with Crippen molar-refractivity contribution in [3.8, 4) is 0 Å². The Bertz CT molecular complexity index is 853. The minimum atomic E-state index is -0.295. The number of carbonyl (C=O) groups excluding carboxylic acids is 3. The highest BCUT2D eigenvalue weighted by Crippen LogP contribution is 2.19. The molecule has 0 radical (unpaired) electrons. The maximum atomic E-state index is 12.0. The van der Waals surface area contributed by atoms with Crippen LogP contribution < -0.4 is 16.0 Å². The van der Waals surface area contributed by atoms with Crippen molar-refractivity contribution in [3.05, 3.63) is 58.1 Å². The van der Waals surface area contributed by atoms with Crippen LogP contribution in [0.1, 0.15) is 11.1 Å². The van der Waals surface area contributed by atoms with Crippen molar-refractivity contribution >= 4 is 56.8 Å². The number of carbonyl (C=O) groups is 3. The zero-order chi connectivity index (χ0) is 20.5. The second-order valence-electron chi connectivity index (χ2n) is 6.14. The summed E-state index contributed by atoms with van der Waals surface area (Å²) < 4.78 is 0.872. The van der Waals surface area contributed by atoms with Crippen molar-refractivity contribution in [1.82, 2.24) is 5.32 Å². The van der Waals surface area contributed by atoms with Crippen LogP contribution in [-0.2, 0) is 14.4 Å². The highest BCUT2D eigenvalue weighted by atomic mass is 79.9. The summed E-state index contributed by atoms with van der Waals surface area (Å²) in [6.45, 7) is 3.71. The molecule has 2 aromatic carbocycles. The molecule has 2 aromatic rings. The van der Waals surface area contributed by atoms with E-state index in [4.69, 9.17) is 0 Å². The van der Waals surface area contributed by atoms with Crippen LogP contribution in [-0.4, -0.2) is 35.8 Å². The number of nitrogens with one attached hydrogen (secondary N) is 3. The SMILES string of the molecule is Cc1cccc(C)c1NC(=O)CNC(=O)CSCC(=O)Nc1cccc(Br)c1. The minimum absolute atomic E-state index is 0.0998. The summed E-state index contributed by atoms with van der Waals surface area (Å²) in [5.74, 6) is -0.527. The molecule has 0 fully saturated rings. The van der Waals surface area contributed by atoms with Crippen molar-refractivity contribution in [2.24, 2.45) is 0 Å². The van der Waals surface area contributed by atoms with Gasteiger partial charge in [0.15, 0.2) is 0 Å². The average molecular weight is 464 g/mol. The van der Waals surface area contributed by atoms with Gasteiger partial charge in [-0.15, -0.1) is 11.8 Å². The first-order valence-electron chi connectivity index (χ1n) is 8.61. The highest BCUT2D eigenvalue weighted by Gasteiger charge is 2.10. The summed E-state index contributed by atoms with van der Waals surface area (Å²) in [7, 11) is 0. The molecule has 2 rings (SSSR count). The number of thioether (sulfide) groups is 1. The first kappa shape index (κ1) is 22.0. The number of amides is 3. The molecular formula is C20H22BrN3O3S. The van der Waals surface area contributed by atoms with E-state index in [1.807, 2.05) is 44.2 Å². The Morgan fingerprint density at radius 3 is 2.21 bits per heavy atom. The normalized spacial score (nSPS) is 10.2. The molecule has 148 valence electrons. The van der Waals surface area contributed by atoms with Gasteiger partial charge in [-0.2, -0.15) is 0 Å². The van der Waals surface area contributed by atoms with E-state index in [9.17, 15) is 14.4 Å². The van der Waals surface area contributed by atoms with E-state index >= 15 is 0 Å². The van der Waals surface area contributed by atoms with Crippen molar-refractivity contribution in [1.29, 1.82) is 0 Å². The lowest BCUT2D eigenvalue weighted by Gasteiger charge is -2.12. The van der Waals surface area contributed by atoms with Crippen LogP contribution in [0.5, 0.6) is 0 Å². The molecule has 0 aromatic heterocycles. The minimum Gasteiger partial charge on any atom is -0.346 e. The maximum Gasteiger partial charge on any atom is 0.243 e. The van der Waals surface area contributed by atoms with E-state index in [1.165, 1.54) is 11.8 Å². The average Bonchev–Trinajstić information content (AvgIpc) is 2.63. The van der Waals surface area contributed by atoms with Crippen molar-refractivity contribution in [2.45, 2.75) is 13.8 Å². The van der Waals surface area contributed by atoms with Gasteiger partial charge in [0.25, 0.3) is 0 Å². The van der Waals surface area contributed by atoms with Gasteiger partial charge in [0.05, 0.1) is 18.1 Å². The van der Waals surface area contributed by atoms with Crippen LogP contribution in [0.15, 0.2) is 46.9 Å². The number of hydrogen-bond acceptors (Lipinski definition) is 4. The molecule has 0 saturated heterocycles. The Balaban J connectivity index is 1.67. The van der Waals surface area contributed by atoms with E-state index in [1.54, 1.807) is 12.1 Å². The number of benzene rings is 2. The standard InChI is InChI=1S/C20H22BrN3O3S/c1-13-5-3-6-14(2)20(13)24-17(25)10-22-18(26)11-28-12-19(27)23-16-8-4-7-15(21)9-16/h3-9H,10-12H2,1-2H3,(H,22,26)(H,23,27)(H,24,25). The maximum absolute atomic E-state index is 12.0. The summed E-state index contributed by atoms with van der Waals surface area (Å²) in [5.41, 5.74) is 3.38. The van der Waals surface area contributed by atoms with Gasteiger partial charge in [0.1, 0.15) is 0 Å². The highest BCUT2D eigenvalue weighted by molar-refractivity contribution is 9.10. The third-order valence-electron chi connectivity index (χ3n) is 3.77. The Morgan fingerprint density at radius 2 is 1.54 bits per heavy atom. The van der Waals surface area contributed by atoms with E-state index in [0.29, 0.717) is 5.69 Å². The first-order chi connectivity index (χ1) is 13.3. The van der Waals surface area contributed by atoms with Gasteiger partial charge in [-0.3, -0.25) is 14.4 Å². The van der Waals surface area contributed by atoms with Crippen LogP contribution in [0.25, 0.3) is 0 Å². The summed E-state index contributed by atoms with van der Waals surface area (Å²) in [4.78, 5) is 35.8. The van der Waals surface area contributed by atoms with E-state index in [0.717, 1.165) is 21.3 Å². The Morgan fingerprint density at radius 1 is 0.893 bits per heavy atom. The van der Waals surface area contributed by atoms with Gasteiger partial charge in [0, 0.05) is 15.8 Å².